The Balaban J connectivity index is 1.46. The Hall–Kier alpha value is -3.61. The molecule has 0 bridgehead atoms. The van der Waals surface area contributed by atoms with E-state index in [-0.39, 0.29) is 6.03 Å². The lowest BCUT2D eigenvalue weighted by Gasteiger charge is -2.10. The lowest BCUT2D eigenvalue weighted by Crippen LogP contribution is -2.32. The molecule has 0 saturated carbocycles. The van der Waals surface area contributed by atoms with Crippen LogP contribution in [0.2, 0.25) is 0 Å². The summed E-state index contributed by atoms with van der Waals surface area (Å²) < 4.78 is 10.3. The van der Waals surface area contributed by atoms with Crippen LogP contribution < -0.4 is 15.4 Å². The number of anilines is 1. The van der Waals surface area contributed by atoms with Gasteiger partial charge in [0.25, 0.3) is 0 Å². The van der Waals surface area contributed by atoms with Gasteiger partial charge in [-0.3, -0.25) is 4.98 Å². The van der Waals surface area contributed by atoms with Crippen molar-refractivity contribution in [3.63, 3.8) is 0 Å². The van der Waals surface area contributed by atoms with Gasteiger partial charge in [-0.1, -0.05) is 12.1 Å². The molecule has 2 aromatic carbocycles. The highest BCUT2D eigenvalue weighted by molar-refractivity contribution is 5.93. The summed E-state index contributed by atoms with van der Waals surface area (Å²) in [4.78, 5) is 27.7. The van der Waals surface area contributed by atoms with Crippen molar-refractivity contribution in [3.05, 3.63) is 66.4 Å². The molecule has 138 valence electrons. The summed E-state index contributed by atoms with van der Waals surface area (Å²) in [6.07, 6.45) is 1.74. The molecule has 0 aliphatic carbocycles. The normalized spacial score (nSPS) is 10.3. The zero-order valence-corrected chi connectivity index (χ0v) is 14.8. The van der Waals surface area contributed by atoms with Gasteiger partial charge in [-0.05, 0) is 42.5 Å². The Kier molecular flexibility index (Phi) is 5.84. The smallest absolute Gasteiger partial charge is 0.337 e. The molecule has 0 spiro atoms. The molecular formula is C20H19N3O4. The van der Waals surface area contributed by atoms with Crippen molar-refractivity contribution in [2.45, 2.75) is 0 Å². The quantitative estimate of drug-likeness (QED) is 0.517. The molecule has 2 N–H and O–H groups in total. The van der Waals surface area contributed by atoms with Crippen LogP contribution in [-0.2, 0) is 4.74 Å². The Labute approximate surface area is 156 Å². The SMILES string of the molecule is COC(=O)c1cccc(NC(=O)NCCOc2ccc3ncccc3c2)c1. The Morgan fingerprint density at radius 2 is 1.96 bits per heavy atom. The average molecular weight is 365 g/mol. The number of aromatic nitrogens is 1. The monoisotopic (exact) mass is 365 g/mol. The minimum Gasteiger partial charge on any atom is -0.492 e. The van der Waals surface area contributed by atoms with E-state index < -0.39 is 5.97 Å². The molecule has 0 fully saturated rings. The zero-order chi connectivity index (χ0) is 19.1. The van der Waals surface area contributed by atoms with Crippen LogP contribution in [0.3, 0.4) is 0 Å². The second-order valence-corrected chi connectivity index (χ2v) is 5.66. The number of urea groups is 1. The van der Waals surface area contributed by atoms with Crippen molar-refractivity contribution < 1.29 is 19.1 Å². The van der Waals surface area contributed by atoms with Gasteiger partial charge in [-0.15, -0.1) is 0 Å². The first kappa shape index (κ1) is 18.2. The van der Waals surface area contributed by atoms with Crippen molar-refractivity contribution in [2.75, 3.05) is 25.6 Å². The number of methoxy groups -OCH3 is 1. The van der Waals surface area contributed by atoms with E-state index in [4.69, 9.17) is 4.74 Å². The minimum atomic E-state index is -0.460. The zero-order valence-electron chi connectivity index (χ0n) is 14.8. The van der Waals surface area contributed by atoms with E-state index >= 15 is 0 Å². The van der Waals surface area contributed by atoms with Gasteiger partial charge in [0.1, 0.15) is 12.4 Å². The van der Waals surface area contributed by atoms with Crippen molar-refractivity contribution in [3.8, 4) is 5.75 Å². The Bertz CT molecular complexity index is 959. The summed E-state index contributed by atoms with van der Waals surface area (Å²) in [7, 11) is 1.31. The third-order valence-electron chi connectivity index (χ3n) is 3.77. The van der Waals surface area contributed by atoms with Crippen LogP contribution in [0, 0.1) is 0 Å². The second-order valence-electron chi connectivity index (χ2n) is 5.66. The van der Waals surface area contributed by atoms with Gasteiger partial charge in [-0.2, -0.15) is 0 Å². The highest BCUT2D eigenvalue weighted by atomic mass is 16.5. The molecule has 7 heteroatoms. The molecule has 0 unspecified atom stereocenters. The molecule has 0 saturated heterocycles. The van der Waals surface area contributed by atoms with E-state index in [1.165, 1.54) is 7.11 Å². The van der Waals surface area contributed by atoms with Crippen molar-refractivity contribution in [1.82, 2.24) is 10.3 Å². The van der Waals surface area contributed by atoms with Crippen LogP contribution in [0.25, 0.3) is 10.9 Å². The Morgan fingerprint density at radius 1 is 1.07 bits per heavy atom. The lowest BCUT2D eigenvalue weighted by atomic mass is 10.2. The maximum atomic E-state index is 11.9. The first-order valence-electron chi connectivity index (χ1n) is 8.36. The molecule has 1 aromatic heterocycles. The van der Waals surface area contributed by atoms with E-state index in [9.17, 15) is 9.59 Å². The third-order valence-corrected chi connectivity index (χ3v) is 3.77. The fourth-order valence-electron chi connectivity index (χ4n) is 2.49. The van der Waals surface area contributed by atoms with Crippen LogP contribution in [0.5, 0.6) is 5.75 Å². The van der Waals surface area contributed by atoms with Gasteiger partial charge in [0.2, 0.25) is 0 Å². The van der Waals surface area contributed by atoms with Crippen LogP contribution in [0.15, 0.2) is 60.8 Å². The van der Waals surface area contributed by atoms with E-state index in [0.29, 0.717) is 30.2 Å². The Morgan fingerprint density at radius 3 is 2.81 bits per heavy atom. The van der Waals surface area contributed by atoms with Gasteiger partial charge < -0.3 is 20.1 Å². The topological polar surface area (TPSA) is 89.5 Å². The molecule has 1 heterocycles. The number of fused-ring (bicyclic) bond motifs is 1. The molecule has 7 nitrogen and oxygen atoms in total. The molecule has 27 heavy (non-hydrogen) atoms. The lowest BCUT2D eigenvalue weighted by molar-refractivity contribution is 0.0600. The standard InChI is InChI=1S/C20H19N3O4/c1-26-19(24)15-4-2-6-16(12-15)23-20(25)22-10-11-27-17-7-8-18-14(13-17)5-3-9-21-18/h2-9,12-13H,10-11H2,1H3,(H2,22,23,25). The highest BCUT2D eigenvalue weighted by Gasteiger charge is 2.07. The van der Waals surface area contributed by atoms with Gasteiger partial charge in [0, 0.05) is 17.3 Å². The number of hydrogen-bond acceptors (Lipinski definition) is 5. The van der Waals surface area contributed by atoms with Crippen LogP contribution >= 0.6 is 0 Å². The average Bonchev–Trinajstić information content (AvgIpc) is 2.70. The number of carbonyl (C=O) groups is 2. The fourth-order valence-corrected chi connectivity index (χ4v) is 2.49. The summed E-state index contributed by atoms with van der Waals surface area (Å²) in [5, 5.41) is 6.35. The number of esters is 1. The molecule has 0 atom stereocenters. The van der Waals surface area contributed by atoms with Gasteiger partial charge in [0.05, 0.1) is 24.7 Å². The number of benzene rings is 2. The number of pyridine rings is 1. The highest BCUT2D eigenvalue weighted by Crippen LogP contribution is 2.18. The first-order chi connectivity index (χ1) is 13.2. The number of carbonyl (C=O) groups excluding carboxylic acids is 2. The van der Waals surface area contributed by atoms with Crippen LogP contribution in [0.1, 0.15) is 10.4 Å². The van der Waals surface area contributed by atoms with Crippen molar-refractivity contribution >= 4 is 28.6 Å². The first-order valence-corrected chi connectivity index (χ1v) is 8.36. The van der Waals surface area contributed by atoms with E-state index in [1.54, 1.807) is 30.5 Å². The third kappa shape index (κ3) is 4.94. The number of nitrogens with zero attached hydrogens (tertiary/aromatic N) is 1. The molecule has 0 radical (unpaired) electrons. The molecule has 3 aromatic rings. The largest absolute Gasteiger partial charge is 0.492 e. The maximum Gasteiger partial charge on any atom is 0.337 e. The fraction of sp³-hybridized carbons (Fsp3) is 0.150. The summed E-state index contributed by atoms with van der Waals surface area (Å²) >= 11 is 0. The number of ether oxygens (including phenoxy) is 2. The van der Waals surface area contributed by atoms with Crippen molar-refractivity contribution in [1.29, 1.82) is 0 Å². The van der Waals surface area contributed by atoms with Crippen LogP contribution in [0.4, 0.5) is 10.5 Å². The summed E-state index contributed by atoms with van der Waals surface area (Å²) in [6, 6.07) is 15.6. The number of nitrogens with one attached hydrogen (secondary N) is 2. The van der Waals surface area contributed by atoms with E-state index in [0.717, 1.165) is 10.9 Å². The number of hydrogen-bond donors (Lipinski definition) is 2. The predicted octanol–water partition coefficient (Wildman–Crippen LogP) is 3.22. The number of rotatable bonds is 6. The van der Waals surface area contributed by atoms with Crippen LogP contribution in [-0.4, -0.2) is 37.2 Å². The minimum absolute atomic E-state index is 0.321. The van der Waals surface area contributed by atoms with E-state index in [2.05, 4.69) is 20.4 Å². The summed E-state index contributed by atoms with van der Waals surface area (Å²) in [6.45, 7) is 0.648. The van der Waals surface area contributed by atoms with Gasteiger partial charge >= 0.3 is 12.0 Å². The molecular weight excluding hydrogens is 346 g/mol. The molecule has 2 amide bonds. The van der Waals surface area contributed by atoms with E-state index in [1.807, 2.05) is 30.3 Å². The van der Waals surface area contributed by atoms with Gasteiger partial charge in [-0.25, -0.2) is 9.59 Å². The molecule has 3 rings (SSSR count). The summed E-state index contributed by atoms with van der Waals surface area (Å²) in [5.74, 6) is 0.251. The molecule has 0 aliphatic rings. The predicted molar refractivity (Wildman–Crippen MR) is 102 cm³/mol. The molecule has 0 aliphatic heterocycles. The van der Waals surface area contributed by atoms with Gasteiger partial charge in [0.15, 0.2) is 0 Å². The summed E-state index contributed by atoms with van der Waals surface area (Å²) in [5.41, 5.74) is 1.76. The van der Waals surface area contributed by atoms with Crippen molar-refractivity contribution in [2.24, 2.45) is 0 Å². The second kappa shape index (κ2) is 8.66. The maximum absolute atomic E-state index is 11.9. The number of amides is 2.